The van der Waals surface area contributed by atoms with Crippen LogP contribution in [0.3, 0.4) is 0 Å². The van der Waals surface area contributed by atoms with E-state index in [0.29, 0.717) is 12.5 Å². The van der Waals surface area contributed by atoms with Crippen LogP contribution in [-0.2, 0) is 4.74 Å². The maximum absolute atomic E-state index is 9.81. The Morgan fingerprint density at radius 2 is 1.73 bits per heavy atom. The van der Waals surface area contributed by atoms with Gasteiger partial charge >= 0.3 is 0 Å². The van der Waals surface area contributed by atoms with Crippen LogP contribution in [0.1, 0.15) is 37.3 Å². The van der Waals surface area contributed by atoms with Gasteiger partial charge in [-0.2, -0.15) is 0 Å². The van der Waals surface area contributed by atoms with E-state index in [1.165, 1.54) is 27.9 Å². The van der Waals surface area contributed by atoms with E-state index in [-0.39, 0.29) is 5.75 Å². The van der Waals surface area contributed by atoms with Crippen LogP contribution in [0.15, 0.2) is 89.4 Å². The highest BCUT2D eigenvalue weighted by Gasteiger charge is 2.25. The summed E-state index contributed by atoms with van der Waals surface area (Å²) in [6.45, 7) is 2.69. The summed E-state index contributed by atoms with van der Waals surface area (Å²) in [5.74, 6) is 1.54. The van der Waals surface area contributed by atoms with Crippen molar-refractivity contribution in [2.24, 2.45) is 0 Å². The van der Waals surface area contributed by atoms with E-state index in [0.717, 1.165) is 36.1 Å². The molecule has 2 aromatic rings. The van der Waals surface area contributed by atoms with Gasteiger partial charge < -0.3 is 14.6 Å². The minimum absolute atomic E-state index is 0.265. The number of rotatable bonds is 7. The van der Waals surface area contributed by atoms with Gasteiger partial charge in [0.1, 0.15) is 18.1 Å². The van der Waals surface area contributed by atoms with E-state index in [4.69, 9.17) is 21.1 Å². The molecule has 1 heterocycles. The van der Waals surface area contributed by atoms with E-state index in [2.05, 4.69) is 25.1 Å². The van der Waals surface area contributed by atoms with Crippen LogP contribution in [0.2, 0.25) is 0 Å². The standard InChI is InChI=1S/C26H25ClO3/c1-2-23(25-12-7-20-17-29-15-13-24(20)25)26(18-3-8-21(28)9-4-18)19-5-10-22(11-6-19)30-16-14-27/h3-6,8-11,13,15,17,28H,2,7,12,14,16H2,1H3. The normalized spacial score (nSPS) is 16.0. The first kappa shape index (κ1) is 20.4. The highest BCUT2D eigenvalue weighted by molar-refractivity contribution is 6.18. The molecular formula is C26H25ClO3. The summed E-state index contributed by atoms with van der Waals surface area (Å²) in [5, 5.41) is 9.81. The summed E-state index contributed by atoms with van der Waals surface area (Å²) in [4.78, 5) is 0. The fraction of sp³-hybridized carbons (Fsp3) is 0.231. The molecule has 0 radical (unpaired) electrons. The van der Waals surface area contributed by atoms with Crippen molar-refractivity contribution < 1.29 is 14.6 Å². The number of ether oxygens (including phenoxy) is 2. The first-order chi connectivity index (χ1) is 14.7. The summed E-state index contributed by atoms with van der Waals surface area (Å²) in [7, 11) is 0. The molecule has 0 spiro atoms. The zero-order valence-corrected chi connectivity index (χ0v) is 17.8. The second-order valence-corrected chi connectivity index (χ2v) is 7.67. The molecule has 3 nitrogen and oxygen atoms in total. The Kier molecular flexibility index (Phi) is 6.29. The highest BCUT2D eigenvalue weighted by Crippen LogP contribution is 2.43. The second kappa shape index (κ2) is 9.27. The summed E-state index contributed by atoms with van der Waals surface area (Å²) >= 11 is 5.74. The maximum atomic E-state index is 9.81. The molecule has 30 heavy (non-hydrogen) atoms. The lowest BCUT2D eigenvalue weighted by Crippen LogP contribution is -2.00. The van der Waals surface area contributed by atoms with Gasteiger partial charge in [0.2, 0.25) is 0 Å². The number of phenols is 1. The lowest BCUT2D eigenvalue weighted by atomic mass is 9.86. The van der Waals surface area contributed by atoms with Gasteiger partial charge in [-0.25, -0.2) is 0 Å². The smallest absolute Gasteiger partial charge is 0.119 e. The first-order valence-electron chi connectivity index (χ1n) is 10.3. The number of benzene rings is 2. The van der Waals surface area contributed by atoms with Crippen LogP contribution in [0.4, 0.5) is 0 Å². The van der Waals surface area contributed by atoms with Crippen molar-refractivity contribution in [2.45, 2.75) is 26.2 Å². The van der Waals surface area contributed by atoms with E-state index < -0.39 is 0 Å². The summed E-state index contributed by atoms with van der Waals surface area (Å²) < 4.78 is 11.0. The Bertz CT molecular complexity index is 1020. The predicted octanol–water partition coefficient (Wildman–Crippen LogP) is 6.74. The number of fused-ring (bicyclic) bond motifs is 1. The molecular weight excluding hydrogens is 396 g/mol. The van der Waals surface area contributed by atoms with E-state index in [1.54, 1.807) is 18.4 Å². The monoisotopic (exact) mass is 420 g/mol. The molecule has 1 aliphatic heterocycles. The maximum Gasteiger partial charge on any atom is 0.119 e. The molecule has 154 valence electrons. The lowest BCUT2D eigenvalue weighted by molar-refractivity contribution is 0.343. The third-order valence-electron chi connectivity index (χ3n) is 5.50. The van der Waals surface area contributed by atoms with Crippen molar-refractivity contribution in [2.75, 3.05) is 12.5 Å². The summed E-state index contributed by atoms with van der Waals surface area (Å²) in [6, 6.07) is 15.6. The highest BCUT2D eigenvalue weighted by atomic mass is 35.5. The Balaban J connectivity index is 1.86. The van der Waals surface area contributed by atoms with E-state index >= 15 is 0 Å². The van der Waals surface area contributed by atoms with Crippen molar-refractivity contribution in [3.63, 3.8) is 0 Å². The van der Waals surface area contributed by atoms with E-state index in [9.17, 15) is 5.11 Å². The van der Waals surface area contributed by atoms with Gasteiger partial charge in [0.05, 0.1) is 18.4 Å². The topological polar surface area (TPSA) is 38.7 Å². The third kappa shape index (κ3) is 4.17. The van der Waals surface area contributed by atoms with Crippen molar-refractivity contribution >= 4 is 17.2 Å². The largest absolute Gasteiger partial charge is 0.508 e. The lowest BCUT2D eigenvalue weighted by Gasteiger charge is -2.19. The van der Waals surface area contributed by atoms with Crippen LogP contribution in [0.25, 0.3) is 5.57 Å². The van der Waals surface area contributed by atoms with Crippen molar-refractivity contribution in [1.29, 1.82) is 0 Å². The molecule has 0 saturated heterocycles. The Morgan fingerprint density at radius 3 is 2.40 bits per heavy atom. The van der Waals surface area contributed by atoms with Crippen LogP contribution in [0, 0.1) is 0 Å². The van der Waals surface area contributed by atoms with Crippen LogP contribution >= 0.6 is 11.6 Å². The SMILES string of the molecule is CCC(C1=C2C=COC=C2CC1)=C(c1ccc(O)cc1)c1ccc(OCCCl)cc1. The second-order valence-electron chi connectivity index (χ2n) is 7.29. The molecule has 0 aromatic heterocycles. The van der Waals surface area contributed by atoms with Crippen molar-refractivity contribution in [3.8, 4) is 11.5 Å². The first-order valence-corrected chi connectivity index (χ1v) is 10.8. The van der Waals surface area contributed by atoms with E-state index in [1.807, 2.05) is 30.5 Å². The van der Waals surface area contributed by atoms with Crippen LogP contribution in [0.5, 0.6) is 11.5 Å². The molecule has 2 aromatic carbocycles. The molecule has 0 unspecified atom stereocenters. The fourth-order valence-electron chi connectivity index (χ4n) is 4.15. The number of hydrogen-bond donors (Lipinski definition) is 1. The molecule has 0 amide bonds. The molecule has 2 aliphatic rings. The number of aromatic hydroxyl groups is 1. The quantitative estimate of drug-likeness (QED) is 0.504. The fourth-order valence-corrected chi connectivity index (χ4v) is 4.23. The van der Waals surface area contributed by atoms with Gasteiger partial charge in [-0.1, -0.05) is 31.2 Å². The zero-order valence-electron chi connectivity index (χ0n) is 17.0. The number of halogens is 1. The third-order valence-corrected chi connectivity index (χ3v) is 5.66. The Morgan fingerprint density at radius 1 is 1.03 bits per heavy atom. The molecule has 4 heteroatoms. The molecule has 1 N–H and O–H groups in total. The summed E-state index contributed by atoms with van der Waals surface area (Å²) in [6.07, 6.45) is 8.58. The molecule has 0 atom stereocenters. The zero-order chi connectivity index (χ0) is 20.9. The minimum Gasteiger partial charge on any atom is -0.508 e. The number of allylic oxidation sites excluding steroid dienone is 5. The van der Waals surface area contributed by atoms with Gasteiger partial charge in [0.25, 0.3) is 0 Å². The van der Waals surface area contributed by atoms with Gasteiger partial charge in [0, 0.05) is 0 Å². The predicted molar refractivity (Wildman–Crippen MR) is 122 cm³/mol. The van der Waals surface area contributed by atoms with Gasteiger partial charge in [-0.05, 0) is 88.6 Å². The average Bonchev–Trinajstić information content (AvgIpc) is 3.21. The number of alkyl halides is 1. The average molecular weight is 421 g/mol. The molecule has 4 rings (SSSR count). The van der Waals surface area contributed by atoms with Gasteiger partial charge in [-0.15, -0.1) is 11.6 Å². The minimum atomic E-state index is 0.265. The number of hydrogen-bond acceptors (Lipinski definition) is 3. The molecule has 0 bridgehead atoms. The van der Waals surface area contributed by atoms with Crippen LogP contribution < -0.4 is 4.74 Å². The van der Waals surface area contributed by atoms with Gasteiger partial charge in [-0.3, -0.25) is 0 Å². The Labute approximate surface area is 182 Å². The molecule has 1 aliphatic carbocycles. The molecule has 0 saturated carbocycles. The molecule has 0 fully saturated rings. The summed E-state index contributed by atoms with van der Waals surface area (Å²) in [5.41, 5.74) is 8.61. The van der Waals surface area contributed by atoms with Gasteiger partial charge in [0.15, 0.2) is 0 Å². The van der Waals surface area contributed by atoms with Crippen LogP contribution in [-0.4, -0.2) is 17.6 Å². The number of phenolic OH excluding ortho intramolecular Hbond substituents is 1. The van der Waals surface area contributed by atoms with Crippen molar-refractivity contribution in [1.82, 2.24) is 0 Å². The van der Waals surface area contributed by atoms with Crippen molar-refractivity contribution in [3.05, 3.63) is 101 Å². The Hall–Kier alpha value is -2.91.